The summed E-state index contributed by atoms with van der Waals surface area (Å²) in [4.78, 5) is 4.02. The quantitative estimate of drug-likeness (QED) is 0.118. The highest BCUT2D eigenvalue weighted by Crippen LogP contribution is 2.45. The first kappa shape index (κ1) is 36.5. The highest BCUT2D eigenvalue weighted by Gasteiger charge is 2.31. The average Bonchev–Trinajstić information content (AvgIpc) is 3.72. The number of hydrogen-bond acceptors (Lipinski definition) is 0. The minimum atomic E-state index is -4.56. The summed E-state index contributed by atoms with van der Waals surface area (Å²) in [5, 5.41) is 4.15. The van der Waals surface area contributed by atoms with Crippen molar-refractivity contribution in [2.75, 3.05) is 0 Å². The van der Waals surface area contributed by atoms with Gasteiger partial charge in [-0.1, -0.05) is 109 Å². The Balaban J connectivity index is 1.47. The normalized spacial score (nSPS) is 11.8. The van der Waals surface area contributed by atoms with Crippen molar-refractivity contribution in [1.82, 2.24) is 9.13 Å². The van der Waals surface area contributed by atoms with Gasteiger partial charge in [-0.15, -0.1) is 0 Å². The molecule has 9 rings (SSSR count). The van der Waals surface area contributed by atoms with Gasteiger partial charge in [0.15, 0.2) is 5.69 Å². The number of rotatable bonds is 6. The molecule has 0 aliphatic heterocycles. The number of nitrogens with zero attached hydrogens (tertiary/aromatic N) is 3. The van der Waals surface area contributed by atoms with Gasteiger partial charge in [0.1, 0.15) is 0 Å². The maximum Gasteiger partial charge on any atom is 0.416 e. The summed E-state index contributed by atoms with van der Waals surface area (Å²) in [7, 11) is 0. The van der Waals surface area contributed by atoms with Crippen LogP contribution in [-0.4, -0.2) is 9.13 Å². The van der Waals surface area contributed by atoms with Gasteiger partial charge in [0.05, 0.1) is 45.6 Å². The van der Waals surface area contributed by atoms with Crippen molar-refractivity contribution in [3.05, 3.63) is 191 Å². The van der Waals surface area contributed by atoms with Crippen LogP contribution in [0.15, 0.2) is 158 Å². The molecule has 7 aromatic carbocycles. The standard InChI is InChI=1S/C52H38F3N3/c1-7-38(31(2)3)34-20-22-42-41-17-11-13-19-47(41)58(48(42)27-34)51-30-45(56-6)44(36-24-32(4)25-37(26-36)52(53,54)55)29-50(51)57-46-18-12-10-16-40(46)43-23-21-35(28-49(43)57)39-15-9-8-14-33(39)5/h7-30H,1H2,2-5H3. The molecule has 0 aliphatic carbocycles. The molecule has 0 saturated carbocycles. The van der Waals surface area contributed by atoms with Crippen LogP contribution in [-0.2, 0) is 6.18 Å². The van der Waals surface area contributed by atoms with E-state index in [-0.39, 0.29) is 5.69 Å². The summed E-state index contributed by atoms with van der Waals surface area (Å²) in [6.45, 7) is 20.5. The number of allylic oxidation sites excluding steroid dienone is 3. The second-order valence-electron chi connectivity index (χ2n) is 15.2. The van der Waals surface area contributed by atoms with Gasteiger partial charge in [-0.25, -0.2) is 4.85 Å². The predicted octanol–water partition coefficient (Wildman–Crippen LogP) is 15.4. The first-order valence-corrected chi connectivity index (χ1v) is 19.1. The molecule has 0 amide bonds. The number of fused-ring (bicyclic) bond motifs is 6. The van der Waals surface area contributed by atoms with E-state index in [0.29, 0.717) is 16.7 Å². The van der Waals surface area contributed by atoms with Crippen LogP contribution >= 0.6 is 0 Å². The molecular weight excluding hydrogens is 724 g/mol. The van der Waals surface area contributed by atoms with E-state index >= 15 is 0 Å². The Bertz CT molecular complexity index is 3230. The van der Waals surface area contributed by atoms with Crippen molar-refractivity contribution < 1.29 is 13.2 Å². The second kappa shape index (κ2) is 13.8. The van der Waals surface area contributed by atoms with Crippen molar-refractivity contribution in [1.29, 1.82) is 0 Å². The zero-order valence-electron chi connectivity index (χ0n) is 32.5. The fourth-order valence-electron chi connectivity index (χ4n) is 8.65. The molecule has 0 N–H and O–H groups in total. The Labute approximate surface area is 335 Å². The number of hydrogen-bond donors (Lipinski definition) is 0. The van der Waals surface area contributed by atoms with E-state index in [9.17, 15) is 13.2 Å². The van der Waals surface area contributed by atoms with Crippen molar-refractivity contribution in [2.24, 2.45) is 0 Å². The summed E-state index contributed by atoms with van der Waals surface area (Å²) in [6, 6.07) is 45.5. The summed E-state index contributed by atoms with van der Waals surface area (Å²) < 4.78 is 47.4. The number of alkyl halides is 3. The first-order valence-electron chi connectivity index (χ1n) is 19.1. The summed E-state index contributed by atoms with van der Waals surface area (Å²) in [5.74, 6) is 0. The molecule has 58 heavy (non-hydrogen) atoms. The molecule has 9 aromatic rings. The van der Waals surface area contributed by atoms with Crippen LogP contribution in [0.2, 0.25) is 0 Å². The lowest BCUT2D eigenvalue weighted by molar-refractivity contribution is -0.137. The number of benzene rings is 7. The molecule has 0 unspecified atom stereocenters. The van der Waals surface area contributed by atoms with Crippen molar-refractivity contribution in [2.45, 2.75) is 33.9 Å². The molecule has 2 heterocycles. The lowest BCUT2D eigenvalue weighted by Crippen LogP contribution is -2.06. The van der Waals surface area contributed by atoms with Crippen LogP contribution in [0.1, 0.15) is 36.1 Å². The van der Waals surface area contributed by atoms with Crippen LogP contribution in [0.3, 0.4) is 0 Å². The largest absolute Gasteiger partial charge is 0.416 e. The molecule has 0 bridgehead atoms. The van der Waals surface area contributed by atoms with Crippen molar-refractivity contribution in [3.8, 4) is 33.6 Å². The molecule has 282 valence electrons. The van der Waals surface area contributed by atoms with Gasteiger partial charge >= 0.3 is 6.18 Å². The summed E-state index contributed by atoms with van der Waals surface area (Å²) >= 11 is 0. The van der Waals surface area contributed by atoms with Crippen LogP contribution in [0.5, 0.6) is 0 Å². The number of aryl methyl sites for hydroxylation is 2. The molecule has 0 aliphatic rings. The third-order valence-electron chi connectivity index (χ3n) is 11.3. The second-order valence-corrected chi connectivity index (χ2v) is 15.2. The van der Waals surface area contributed by atoms with E-state index in [2.05, 4.69) is 114 Å². The molecule has 0 spiro atoms. The van der Waals surface area contributed by atoms with Gasteiger partial charge in [0, 0.05) is 21.5 Å². The lowest BCUT2D eigenvalue weighted by Gasteiger charge is -2.21. The van der Waals surface area contributed by atoms with Crippen LogP contribution in [0.25, 0.3) is 87.7 Å². The molecule has 0 fully saturated rings. The SMILES string of the molecule is [C-]#[N+]c1cc(-n2c3ccccc3c3ccc(C(C=C)=C(C)C)cc32)c(-n2c3ccccc3c3ccc(-c4ccccc4C)cc32)cc1-c1cc(C)cc(C(F)(F)F)c1. The Morgan fingerprint density at radius 2 is 1.19 bits per heavy atom. The van der Waals surface area contributed by atoms with Gasteiger partial charge in [-0.05, 0) is 121 Å². The lowest BCUT2D eigenvalue weighted by atomic mass is 9.97. The molecule has 2 aromatic heterocycles. The Kier molecular flexibility index (Phi) is 8.71. The third kappa shape index (κ3) is 5.90. The molecular formula is C52H38F3N3. The topological polar surface area (TPSA) is 14.2 Å². The Morgan fingerprint density at radius 1 is 0.603 bits per heavy atom. The van der Waals surface area contributed by atoms with E-state index < -0.39 is 11.7 Å². The average molecular weight is 762 g/mol. The summed E-state index contributed by atoms with van der Waals surface area (Å²) in [5.41, 5.74) is 12.4. The maximum absolute atomic E-state index is 14.3. The molecule has 6 heteroatoms. The van der Waals surface area contributed by atoms with E-state index in [0.717, 1.165) is 101 Å². The Hall–Kier alpha value is -7.10. The number of aromatic nitrogens is 2. The molecule has 0 saturated heterocycles. The van der Waals surface area contributed by atoms with E-state index in [1.807, 2.05) is 54.6 Å². The van der Waals surface area contributed by atoms with Gasteiger partial charge in [0.25, 0.3) is 0 Å². The maximum atomic E-state index is 14.3. The third-order valence-corrected chi connectivity index (χ3v) is 11.3. The zero-order valence-corrected chi connectivity index (χ0v) is 32.5. The van der Waals surface area contributed by atoms with Gasteiger partial charge in [-0.3, -0.25) is 0 Å². The fourth-order valence-corrected chi connectivity index (χ4v) is 8.65. The smallest absolute Gasteiger partial charge is 0.308 e. The van der Waals surface area contributed by atoms with Crippen molar-refractivity contribution >= 4 is 54.9 Å². The first-order chi connectivity index (χ1) is 28.0. The van der Waals surface area contributed by atoms with Crippen LogP contribution < -0.4 is 0 Å². The van der Waals surface area contributed by atoms with Gasteiger partial charge < -0.3 is 9.13 Å². The highest BCUT2D eigenvalue weighted by molar-refractivity contribution is 6.13. The summed E-state index contributed by atoms with van der Waals surface area (Å²) in [6.07, 6.45) is -2.68. The van der Waals surface area contributed by atoms with Crippen LogP contribution in [0, 0.1) is 20.4 Å². The minimum Gasteiger partial charge on any atom is -0.308 e. The molecule has 0 atom stereocenters. The molecule has 3 nitrogen and oxygen atoms in total. The monoisotopic (exact) mass is 761 g/mol. The van der Waals surface area contributed by atoms with E-state index in [1.54, 1.807) is 13.0 Å². The van der Waals surface area contributed by atoms with Crippen molar-refractivity contribution in [3.63, 3.8) is 0 Å². The van der Waals surface area contributed by atoms with Gasteiger partial charge in [-0.2, -0.15) is 13.2 Å². The number of para-hydroxylation sites is 2. The van der Waals surface area contributed by atoms with E-state index in [4.69, 9.17) is 6.57 Å². The Morgan fingerprint density at radius 3 is 1.81 bits per heavy atom. The van der Waals surface area contributed by atoms with Crippen LogP contribution in [0.4, 0.5) is 18.9 Å². The minimum absolute atomic E-state index is 0.247. The number of halogens is 3. The predicted molar refractivity (Wildman–Crippen MR) is 235 cm³/mol. The van der Waals surface area contributed by atoms with E-state index in [1.165, 1.54) is 0 Å². The fraction of sp³-hybridized carbons (Fsp3) is 0.0962. The highest BCUT2D eigenvalue weighted by atomic mass is 19.4. The van der Waals surface area contributed by atoms with Gasteiger partial charge in [0.2, 0.25) is 0 Å². The zero-order chi connectivity index (χ0) is 40.5. The molecule has 0 radical (unpaired) electrons.